The summed E-state index contributed by atoms with van der Waals surface area (Å²) >= 11 is 0. The molecule has 246 valence electrons. The molecule has 0 bridgehead atoms. The Morgan fingerprint density at radius 1 is 0.750 bits per heavy atom. The Balaban J connectivity index is 1.05. The topological polar surface area (TPSA) is 92.3 Å². The maximum atomic E-state index is 12.6. The summed E-state index contributed by atoms with van der Waals surface area (Å²) < 4.78 is 18.9. The average Bonchev–Trinajstić information content (AvgIpc) is 3.12. The Hall–Kier alpha value is -4.99. The number of para-hydroxylation sites is 1. The van der Waals surface area contributed by atoms with Crippen LogP contribution in [0.1, 0.15) is 46.6 Å². The summed E-state index contributed by atoms with van der Waals surface area (Å²) in [5.41, 5.74) is 5.70. The molecule has 1 saturated heterocycles. The van der Waals surface area contributed by atoms with Crippen molar-refractivity contribution in [2.75, 3.05) is 18.9 Å². The van der Waals surface area contributed by atoms with Crippen molar-refractivity contribution in [2.24, 2.45) is 0 Å². The second-order valence-corrected chi connectivity index (χ2v) is 12.0. The number of hydrogen-bond acceptors (Lipinski definition) is 6. The molecule has 1 heterocycles. The number of carbonyl (C=O) groups is 1. The molecule has 0 aromatic heterocycles. The first-order valence-electron chi connectivity index (χ1n) is 16.2. The Morgan fingerprint density at radius 2 is 1.38 bits per heavy atom. The zero-order valence-corrected chi connectivity index (χ0v) is 27.0. The van der Waals surface area contributed by atoms with E-state index in [4.69, 9.17) is 14.2 Å². The summed E-state index contributed by atoms with van der Waals surface area (Å²) in [5, 5.41) is 15.3. The number of rotatable bonds is 12. The molecule has 5 aromatic rings. The van der Waals surface area contributed by atoms with Crippen LogP contribution in [0.2, 0.25) is 0 Å². The molecule has 48 heavy (non-hydrogen) atoms. The van der Waals surface area contributed by atoms with Gasteiger partial charge in [0.05, 0.1) is 18.8 Å². The van der Waals surface area contributed by atoms with Gasteiger partial charge in [-0.3, -0.25) is 4.90 Å². The van der Waals surface area contributed by atoms with Gasteiger partial charge in [-0.2, -0.15) is 0 Å². The van der Waals surface area contributed by atoms with Gasteiger partial charge in [0.2, 0.25) is 0 Å². The molecule has 6 rings (SSSR count). The molecule has 1 aliphatic rings. The van der Waals surface area contributed by atoms with E-state index in [2.05, 4.69) is 46.8 Å². The predicted octanol–water partition coefficient (Wildman–Crippen LogP) is 7.97. The van der Waals surface area contributed by atoms with Crippen LogP contribution in [0.5, 0.6) is 11.5 Å². The molecule has 1 aliphatic heterocycles. The predicted molar refractivity (Wildman–Crippen MR) is 186 cm³/mol. The van der Waals surface area contributed by atoms with Crippen molar-refractivity contribution < 1.29 is 24.1 Å². The highest BCUT2D eigenvalue weighted by Gasteiger charge is 2.32. The van der Waals surface area contributed by atoms with E-state index in [0.29, 0.717) is 24.4 Å². The molecule has 0 saturated carbocycles. The maximum Gasteiger partial charge on any atom is 0.319 e. The number of likely N-dealkylation sites (N-methyl/N-ethyl adjacent to an activating group) is 1. The molecular weight excluding hydrogens is 602 g/mol. The van der Waals surface area contributed by atoms with Crippen LogP contribution in [-0.2, 0) is 29.2 Å². The van der Waals surface area contributed by atoms with Gasteiger partial charge in [-0.15, -0.1) is 0 Å². The minimum atomic E-state index is -0.546. The van der Waals surface area contributed by atoms with Gasteiger partial charge in [-0.25, -0.2) is 4.79 Å². The second kappa shape index (κ2) is 16.2. The number of hydrogen-bond donors (Lipinski definition) is 3. The first-order valence-corrected chi connectivity index (χ1v) is 16.2. The van der Waals surface area contributed by atoms with E-state index >= 15 is 0 Å². The normalized spacial score (nSPS) is 17.5. The number of nitrogens with zero attached hydrogens (tertiary/aromatic N) is 1. The van der Waals surface area contributed by atoms with Gasteiger partial charge in [0, 0.05) is 37.3 Å². The van der Waals surface area contributed by atoms with Gasteiger partial charge in [0.1, 0.15) is 11.5 Å². The molecular formula is C40H41N3O5. The molecule has 3 unspecified atom stereocenters. The quantitative estimate of drug-likeness (QED) is 0.128. The van der Waals surface area contributed by atoms with Crippen LogP contribution in [0.15, 0.2) is 133 Å². The molecule has 3 atom stereocenters. The highest BCUT2D eigenvalue weighted by atomic mass is 16.7. The number of anilines is 1. The lowest BCUT2D eigenvalue weighted by atomic mass is 9.99. The van der Waals surface area contributed by atoms with Crippen LogP contribution in [0, 0.1) is 0 Å². The monoisotopic (exact) mass is 643 g/mol. The van der Waals surface area contributed by atoms with Crippen LogP contribution in [0.4, 0.5) is 10.5 Å². The van der Waals surface area contributed by atoms with Crippen molar-refractivity contribution in [2.45, 2.75) is 44.6 Å². The Bertz CT molecular complexity index is 1720. The molecule has 1 fully saturated rings. The Kier molecular flexibility index (Phi) is 11.1. The maximum absolute atomic E-state index is 12.6. The van der Waals surface area contributed by atoms with Crippen molar-refractivity contribution in [3.63, 3.8) is 0 Å². The highest BCUT2D eigenvalue weighted by Crippen LogP contribution is 2.38. The fourth-order valence-electron chi connectivity index (χ4n) is 5.72. The van der Waals surface area contributed by atoms with Crippen molar-refractivity contribution in [1.29, 1.82) is 0 Å². The third-order valence-electron chi connectivity index (χ3n) is 8.22. The molecule has 3 N–H and O–H groups in total. The lowest BCUT2D eigenvalue weighted by Gasteiger charge is -2.38. The number of benzene rings is 5. The molecule has 0 spiro atoms. The van der Waals surface area contributed by atoms with Crippen molar-refractivity contribution in [3.05, 3.63) is 161 Å². The smallest absolute Gasteiger partial charge is 0.319 e. The van der Waals surface area contributed by atoms with E-state index < -0.39 is 6.29 Å². The molecule has 5 aromatic carbocycles. The Labute approximate surface area is 281 Å². The molecule has 8 heteroatoms. The van der Waals surface area contributed by atoms with Gasteiger partial charge < -0.3 is 30.0 Å². The average molecular weight is 644 g/mol. The van der Waals surface area contributed by atoms with Crippen LogP contribution in [0.3, 0.4) is 0 Å². The third kappa shape index (κ3) is 9.30. The summed E-state index contributed by atoms with van der Waals surface area (Å²) in [6, 6.07) is 42.8. The van der Waals surface area contributed by atoms with E-state index in [0.717, 1.165) is 41.1 Å². The van der Waals surface area contributed by atoms with Crippen molar-refractivity contribution in [3.8, 4) is 11.5 Å². The van der Waals surface area contributed by atoms with Crippen LogP contribution < -0.4 is 15.4 Å². The zero-order valence-electron chi connectivity index (χ0n) is 27.0. The van der Waals surface area contributed by atoms with E-state index in [1.54, 1.807) is 12.1 Å². The van der Waals surface area contributed by atoms with Gasteiger partial charge in [0.25, 0.3) is 0 Å². The summed E-state index contributed by atoms with van der Waals surface area (Å²) in [6.07, 6.45) is -0.0382. The van der Waals surface area contributed by atoms with Crippen LogP contribution >= 0.6 is 0 Å². The fourth-order valence-corrected chi connectivity index (χ4v) is 5.72. The summed E-state index contributed by atoms with van der Waals surface area (Å²) in [5.74, 6) is 1.44. The molecule has 0 aliphatic carbocycles. The van der Waals surface area contributed by atoms with E-state index in [1.807, 2.05) is 97.1 Å². The Morgan fingerprint density at radius 3 is 2.06 bits per heavy atom. The van der Waals surface area contributed by atoms with E-state index in [9.17, 15) is 9.90 Å². The summed E-state index contributed by atoms with van der Waals surface area (Å²) in [6.45, 7) is 1.94. The number of ether oxygens (including phenoxy) is 3. The number of aliphatic hydroxyl groups excluding tert-OH is 1. The highest BCUT2D eigenvalue weighted by molar-refractivity contribution is 5.89. The first kappa shape index (κ1) is 32.9. The van der Waals surface area contributed by atoms with E-state index in [1.165, 1.54) is 5.56 Å². The number of nitrogens with one attached hydrogen (secondary N) is 2. The standard InChI is InChI=1S/C40H41N3O5/c1-43(26-30-8-4-2-5-9-30)27-37-24-38(32-16-14-31(28-44)15-17-32)48-39(47-37)33-18-12-29(13-19-33)25-41-40(45)42-34-20-22-36(23-21-34)46-35-10-6-3-7-11-35/h2-23,37-39,44H,24-28H2,1H3,(H2,41,42,45). The number of carbonyl (C=O) groups excluding carboxylic acids is 1. The largest absolute Gasteiger partial charge is 0.457 e. The van der Waals surface area contributed by atoms with E-state index in [-0.39, 0.29) is 24.8 Å². The SMILES string of the molecule is CN(Cc1ccccc1)CC1CC(c2ccc(CO)cc2)OC(c2ccc(CNC(=O)Nc3ccc(Oc4ccccc4)cc3)cc2)O1. The number of aliphatic hydroxyl groups is 1. The number of urea groups is 1. The summed E-state index contributed by atoms with van der Waals surface area (Å²) in [4.78, 5) is 14.9. The number of amides is 2. The fraction of sp³-hybridized carbons (Fsp3) is 0.225. The lowest BCUT2D eigenvalue weighted by Crippen LogP contribution is -2.37. The van der Waals surface area contributed by atoms with Gasteiger partial charge in [0.15, 0.2) is 6.29 Å². The molecule has 0 radical (unpaired) electrons. The third-order valence-corrected chi connectivity index (χ3v) is 8.22. The first-order chi connectivity index (χ1) is 23.5. The second-order valence-electron chi connectivity index (χ2n) is 12.0. The zero-order chi connectivity index (χ0) is 33.1. The lowest BCUT2D eigenvalue weighted by molar-refractivity contribution is -0.252. The van der Waals surface area contributed by atoms with Gasteiger partial charge in [-0.1, -0.05) is 97.1 Å². The van der Waals surface area contributed by atoms with Crippen molar-refractivity contribution >= 4 is 11.7 Å². The van der Waals surface area contributed by atoms with Crippen LogP contribution in [-0.4, -0.2) is 35.7 Å². The summed E-state index contributed by atoms with van der Waals surface area (Å²) in [7, 11) is 2.11. The van der Waals surface area contributed by atoms with Gasteiger partial charge >= 0.3 is 6.03 Å². The molecule has 8 nitrogen and oxygen atoms in total. The molecule has 2 amide bonds. The van der Waals surface area contributed by atoms with Crippen LogP contribution in [0.25, 0.3) is 0 Å². The minimum absolute atomic E-state index is 0.00499. The van der Waals surface area contributed by atoms with Crippen molar-refractivity contribution in [1.82, 2.24) is 10.2 Å². The van der Waals surface area contributed by atoms with Gasteiger partial charge in [-0.05, 0) is 65.7 Å². The minimum Gasteiger partial charge on any atom is -0.457 e.